The minimum atomic E-state index is -0.143. The van der Waals surface area contributed by atoms with Gasteiger partial charge in [-0.15, -0.1) is 0 Å². The number of nitrogens with one attached hydrogen (secondary N) is 1. The van der Waals surface area contributed by atoms with E-state index in [1.807, 2.05) is 60.4 Å². The number of ether oxygens (including phenoxy) is 1. The molecule has 1 heterocycles. The first-order valence-corrected chi connectivity index (χ1v) is 9.41. The Morgan fingerprint density at radius 3 is 2.50 bits per heavy atom. The molecule has 1 aliphatic heterocycles. The van der Waals surface area contributed by atoms with Crippen molar-refractivity contribution >= 4 is 18.0 Å². The van der Waals surface area contributed by atoms with Crippen molar-refractivity contribution in [3.05, 3.63) is 65.2 Å². The van der Waals surface area contributed by atoms with Gasteiger partial charge in [-0.05, 0) is 43.5 Å². The van der Waals surface area contributed by atoms with E-state index in [0.29, 0.717) is 31.7 Å². The van der Waals surface area contributed by atoms with Crippen molar-refractivity contribution in [3.8, 4) is 5.75 Å². The summed E-state index contributed by atoms with van der Waals surface area (Å²) in [4.78, 5) is 26.9. The molecule has 0 atom stereocenters. The Labute approximate surface area is 165 Å². The molecule has 1 saturated heterocycles. The first kappa shape index (κ1) is 19.6. The van der Waals surface area contributed by atoms with Crippen LogP contribution in [0.5, 0.6) is 5.75 Å². The van der Waals surface area contributed by atoms with Gasteiger partial charge in [-0.2, -0.15) is 5.10 Å². The second-order valence-electron chi connectivity index (χ2n) is 6.86. The van der Waals surface area contributed by atoms with Gasteiger partial charge >= 0.3 is 0 Å². The number of hydrogen-bond donors (Lipinski definition) is 1. The fourth-order valence-corrected chi connectivity index (χ4v) is 3.36. The lowest BCUT2D eigenvalue weighted by Crippen LogP contribution is -2.42. The van der Waals surface area contributed by atoms with Crippen molar-refractivity contribution in [1.82, 2.24) is 10.3 Å². The van der Waals surface area contributed by atoms with Crippen LogP contribution < -0.4 is 10.2 Å². The molecule has 2 aromatic carbocycles. The Bertz CT molecular complexity index is 871. The Balaban J connectivity index is 1.52. The molecule has 0 bridgehead atoms. The predicted molar refractivity (Wildman–Crippen MR) is 109 cm³/mol. The lowest BCUT2D eigenvalue weighted by atomic mass is 9.95. The summed E-state index contributed by atoms with van der Waals surface area (Å²) in [6, 6.07) is 15.0. The largest absolute Gasteiger partial charge is 0.496 e. The smallest absolute Gasteiger partial charge is 0.254 e. The molecule has 1 aliphatic rings. The van der Waals surface area contributed by atoms with Crippen molar-refractivity contribution < 1.29 is 14.3 Å². The van der Waals surface area contributed by atoms with Crippen LogP contribution in [-0.2, 0) is 4.79 Å². The number of benzene rings is 2. The molecule has 28 heavy (non-hydrogen) atoms. The standard InChI is InChI=1S/C22H25N3O3/c1-16-7-3-5-9-19(16)22(27)25-13-11-17(12-14-25)21(26)24-23-15-18-8-4-6-10-20(18)28-2/h3-10,15,17H,11-14H2,1-2H3,(H,24,26)/b23-15-. The maximum Gasteiger partial charge on any atom is 0.254 e. The minimum Gasteiger partial charge on any atom is -0.496 e. The molecule has 0 unspecified atom stereocenters. The zero-order valence-electron chi connectivity index (χ0n) is 16.2. The van der Waals surface area contributed by atoms with Gasteiger partial charge in [-0.3, -0.25) is 9.59 Å². The zero-order chi connectivity index (χ0) is 19.9. The number of hydrogen-bond acceptors (Lipinski definition) is 4. The van der Waals surface area contributed by atoms with Gasteiger partial charge in [0.25, 0.3) is 5.91 Å². The molecular formula is C22H25N3O3. The number of rotatable bonds is 5. The normalized spacial score (nSPS) is 14.9. The molecule has 146 valence electrons. The van der Waals surface area contributed by atoms with Crippen LogP contribution in [-0.4, -0.2) is 43.1 Å². The summed E-state index contributed by atoms with van der Waals surface area (Å²) in [5, 5.41) is 4.05. The van der Waals surface area contributed by atoms with Crippen molar-refractivity contribution in [2.75, 3.05) is 20.2 Å². The van der Waals surface area contributed by atoms with E-state index in [2.05, 4.69) is 10.5 Å². The Hall–Kier alpha value is -3.15. The summed E-state index contributed by atoms with van der Waals surface area (Å²) in [6.07, 6.45) is 2.84. The summed E-state index contributed by atoms with van der Waals surface area (Å²) >= 11 is 0. The minimum absolute atomic E-state index is 0.0335. The molecule has 1 N–H and O–H groups in total. The monoisotopic (exact) mass is 379 g/mol. The fourth-order valence-electron chi connectivity index (χ4n) is 3.36. The molecule has 2 amide bonds. The Morgan fingerprint density at radius 2 is 1.79 bits per heavy atom. The number of piperidine rings is 1. The Kier molecular flexibility index (Phi) is 6.42. The van der Waals surface area contributed by atoms with Crippen LogP contribution >= 0.6 is 0 Å². The first-order valence-electron chi connectivity index (χ1n) is 9.41. The number of amides is 2. The highest BCUT2D eigenvalue weighted by Gasteiger charge is 2.28. The predicted octanol–water partition coefficient (Wildman–Crippen LogP) is 3.01. The van der Waals surface area contributed by atoms with E-state index in [-0.39, 0.29) is 17.7 Å². The molecule has 0 saturated carbocycles. The van der Waals surface area contributed by atoms with Crippen LogP contribution in [0.4, 0.5) is 0 Å². The maximum atomic E-state index is 12.7. The number of nitrogens with zero attached hydrogens (tertiary/aromatic N) is 2. The summed E-state index contributed by atoms with van der Waals surface area (Å²) in [6.45, 7) is 3.08. The quantitative estimate of drug-likeness (QED) is 0.641. The van der Waals surface area contributed by atoms with Gasteiger partial charge in [-0.25, -0.2) is 5.43 Å². The van der Waals surface area contributed by atoms with E-state index in [4.69, 9.17) is 4.74 Å². The second-order valence-corrected chi connectivity index (χ2v) is 6.86. The van der Waals surface area contributed by atoms with Gasteiger partial charge in [0.05, 0.1) is 13.3 Å². The molecule has 2 aromatic rings. The van der Waals surface area contributed by atoms with E-state index in [9.17, 15) is 9.59 Å². The lowest BCUT2D eigenvalue weighted by Gasteiger charge is -2.31. The van der Waals surface area contributed by atoms with Gasteiger partial charge in [-0.1, -0.05) is 30.3 Å². The average molecular weight is 379 g/mol. The third-order valence-electron chi connectivity index (χ3n) is 5.05. The SMILES string of the molecule is COc1ccccc1/C=N\NC(=O)C1CCN(C(=O)c2ccccc2C)CC1. The molecule has 3 rings (SSSR count). The highest BCUT2D eigenvalue weighted by molar-refractivity contribution is 5.95. The topological polar surface area (TPSA) is 71.0 Å². The average Bonchev–Trinajstić information content (AvgIpc) is 2.74. The molecule has 0 radical (unpaired) electrons. The van der Waals surface area contributed by atoms with Crippen LogP contribution in [0.15, 0.2) is 53.6 Å². The van der Waals surface area contributed by atoms with Crippen LogP contribution in [0.3, 0.4) is 0 Å². The van der Waals surface area contributed by atoms with Crippen LogP contribution in [0.25, 0.3) is 0 Å². The van der Waals surface area contributed by atoms with Crippen molar-refractivity contribution in [2.45, 2.75) is 19.8 Å². The number of methoxy groups -OCH3 is 1. The molecule has 0 spiro atoms. The summed E-state index contributed by atoms with van der Waals surface area (Å²) in [5.41, 5.74) is 5.10. The van der Waals surface area contributed by atoms with Crippen molar-refractivity contribution in [3.63, 3.8) is 0 Å². The van der Waals surface area contributed by atoms with Crippen molar-refractivity contribution in [1.29, 1.82) is 0 Å². The van der Waals surface area contributed by atoms with Gasteiger partial charge in [0.15, 0.2) is 0 Å². The first-order chi connectivity index (χ1) is 13.6. The van der Waals surface area contributed by atoms with Gasteiger partial charge in [0, 0.05) is 30.1 Å². The van der Waals surface area contributed by atoms with Gasteiger partial charge in [0.1, 0.15) is 5.75 Å². The molecule has 0 aliphatic carbocycles. The van der Waals surface area contributed by atoms with Crippen LogP contribution in [0.1, 0.15) is 34.3 Å². The molecule has 0 aromatic heterocycles. The molecule has 6 heteroatoms. The van der Waals surface area contributed by atoms with E-state index in [1.165, 1.54) is 0 Å². The number of aryl methyl sites for hydroxylation is 1. The summed E-state index contributed by atoms with van der Waals surface area (Å²) < 4.78 is 5.26. The van der Waals surface area contributed by atoms with E-state index in [1.54, 1.807) is 13.3 Å². The third-order valence-corrected chi connectivity index (χ3v) is 5.05. The van der Waals surface area contributed by atoms with E-state index >= 15 is 0 Å². The van der Waals surface area contributed by atoms with E-state index < -0.39 is 0 Å². The highest BCUT2D eigenvalue weighted by Crippen LogP contribution is 2.20. The highest BCUT2D eigenvalue weighted by atomic mass is 16.5. The maximum absolute atomic E-state index is 12.7. The number of carbonyl (C=O) groups is 2. The second kappa shape index (κ2) is 9.17. The summed E-state index contributed by atoms with van der Waals surface area (Å²) in [5.74, 6) is 0.472. The zero-order valence-corrected chi connectivity index (χ0v) is 16.2. The fraction of sp³-hybridized carbons (Fsp3) is 0.318. The van der Waals surface area contributed by atoms with Gasteiger partial charge in [0.2, 0.25) is 5.91 Å². The molecule has 6 nitrogen and oxygen atoms in total. The number of likely N-dealkylation sites (tertiary alicyclic amines) is 1. The number of para-hydroxylation sites is 1. The van der Waals surface area contributed by atoms with Crippen LogP contribution in [0.2, 0.25) is 0 Å². The molecule has 1 fully saturated rings. The molecular weight excluding hydrogens is 354 g/mol. The lowest BCUT2D eigenvalue weighted by molar-refractivity contribution is -0.126. The van der Waals surface area contributed by atoms with E-state index in [0.717, 1.165) is 16.7 Å². The van der Waals surface area contributed by atoms with Gasteiger partial charge < -0.3 is 9.64 Å². The summed E-state index contributed by atoms with van der Waals surface area (Å²) in [7, 11) is 1.59. The Morgan fingerprint density at radius 1 is 1.11 bits per heavy atom. The number of carbonyl (C=O) groups excluding carboxylic acids is 2. The number of hydrazone groups is 1. The van der Waals surface area contributed by atoms with Crippen molar-refractivity contribution in [2.24, 2.45) is 11.0 Å². The third kappa shape index (κ3) is 4.57. The van der Waals surface area contributed by atoms with Crippen LogP contribution in [0, 0.1) is 12.8 Å².